The van der Waals surface area contributed by atoms with E-state index in [0.29, 0.717) is 22.2 Å². The Morgan fingerprint density at radius 2 is 1.89 bits per heavy atom. The summed E-state index contributed by atoms with van der Waals surface area (Å²) in [6, 6.07) is 14.3. The zero-order chi connectivity index (χ0) is 19.4. The summed E-state index contributed by atoms with van der Waals surface area (Å²) in [5.74, 6) is 0.469. The largest absolute Gasteiger partial charge is 0.459 e. The first-order chi connectivity index (χ1) is 12.9. The van der Waals surface area contributed by atoms with Crippen molar-refractivity contribution < 1.29 is 18.7 Å². The minimum absolute atomic E-state index is 0.272. The number of esters is 1. The molecule has 1 amide bonds. The maximum absolute atomic E-state index is 12.2. The van der Waals surface area contributed by atoms with Gasteiger partial charge >= 0.3 is 5.97 Å². The van der Waals surface area contributed by atoms with Gasteiger partial charge in [-0.25, -0.2) is 4.79 Å². The molecule has 0 atom stereocenters. The van der Waals surface area contributed by atoms with Gasteiger partial charge in [0.25, 0.3) is 5.91 Å². The van der Waals surface area contributed by atoms with Gasteiger partial charge in [-0.2, -0.15) is 0 Å². The van der Waals surface area contributed by atoms with Crippen molar-refractivity contribution in [1.29, 1.82) is 0 Å². The molecule has 0 radical (unpaired) electrons. The van der Waals surface area contributed by atoms with E-state index in [1.807, 2.05) is 24.3 Å². The number of aromatic nitrogens is 1. The van der Waals surface area contributed by atoms with E-state index in [4.69, 9.17) is 20.8 Å². The number of hydrogen-bond donors (Lipinski definition) is 0. The van der Waals surface area contributed by atoms with Crippen LogP contribution >= 0.6 is 11.6 Å². The second kappa shape index (κ2) is 8.14. The summed E-state index contributed by atoms with van der Waals surface area (Å²) in [5, 5.41) is 0.653. The molecule has 140 valence electrons. The zero-order valence-corrected chi connectivity index (χ0v) is 15.8. The summed E-state index contributed by atoms with van der Waals surface area (Å²) in [6.45, 7) is -0.0562. The van der Waals surface area contributed by atoms with Crippen molar-refractivity contribution in [3.8, 4) is 11.3 Å². The van der Waals surface area contributed by atoms with Crippen LogP contribution in [0.2, 0.25) is 5.02 Å². The molecule has 0 aliphatic heterocycles. The summed E-state index contributed by atoms with van der Waals surface area (Å²) in [6.07, 6.45) is 1.74. The van der Waals surface area contributed by atoms with Gasteiger partial charge in [-0.15, -0.1) is 0 Å². The molecule has 3 aromatic rings. The van der Waals surface area contributed by atoms with Gasteiger partial charge in [0.05, 0.1) is 6.54 Å². The number of furan rings is 1. The SMILES string of the molecule is CN(Cc1ccc(-c2ccc(Cl)cc2)o1)C(=O)COC(=O)c1cccn1C. The molecule has 0 spiro atoms. The fraction of sp³-hybridized carbons (Fsp3) is 0.200. The topological polar surface area (TPSA) is 64.7 Å². The maximum Gasteiger partial charge on any atom is 0.355 e. The Balaban J connectivity index is 1.54. The van der Waals surface area contributed by atoms with Gasteiger partial charge in [-0.3, -0.25) is 4.79 Å². The molecule has 0 N–H and O–H groups in total. The fourth-order valence-electron chi connectivity index (χ4n) is 2.54. The monoisotopic (exact) mass is 386 g/mol. The molecule has 0 saturated carbocycles. The van der Waals surface area contributed by atoms with Crippen molar-refractivity contribution in [1.82, 2.24) is 9.47 Å². The van der Waals surface area contributed by atoms with E-state index in [1.165, 1.54) is 4.90 Å². The van der Waals surface area contributed by atoms with Gasteiger partial charge in [-0.05, 0) is 48.5 Å². The molecule has 0 bridgehead atoms. The van der Waals surface area contributed by atoms with Crippen LogP contribution in [0.4, 0.5) is 0 Å². The lowest BCUT2D eigenvalue weighted by molar-refractivity contribution is -0.134. The van der Waals surface area contributed by atoms with Gasteiger partial charge in [-0.1, -0.05) is 11.6 Å². The van der Waals surface area contributed by atoms with Crippen LogP contribution in [-0.4, -0.2) is 35.0 Å². The molecular weight excluding hydrogens is 368 g/mol. The fourth-order valence-corrected chi connectivity index (χ4v) is 2.66. The molecule has 2 aromatic heterocycles. The number of carbonyl (C=O) groups is 2. The van der Waals surface area contributed by atoms with Crippen molar-refractivity contribution in [3.63, 3.8) is 0 Å². The third-order valence-corrected chi connectivity index (χ3v) is 4.34. The minimum atomic E-state index is -0.535. The predicted molar refractivity (Wildman–Crippen MR) is 101 cm³/mol. The first kappa shape index (κ1) is 18.8. The Labute approximate surface area is 161 Å². The lowest BCUT2D eigenvalue weighted by Crippen LogP contribution is -2.30. The van der Waals surface area contributed by atoms with Crippen molar-refractivity contribution in [3.05, 3.63) is 71.2 Å². The first-order valence-electron chi connectivity index (χ1n) is 8.31. The highest BCUT2D eigenvalue weighted by molar-refractivity contribution is 6.30. The Morgan fingerprint density at radius 3 is 2.56 bits per heavy atom. The number of nitrogens with zero attached hydrogens (tertiary/aromatic N) is 2. The maximum atomic E-state index is 12.2. The summed E-state index contributed by atoms with van der Waals surface area (Å²) in [7, 11) is 3.36. The zero-order valence-electron chi connectivity index (χ0n) is 15.0. The average Bonchev–Trinajstić information content (AvgIpc) is 3.29. The van der Waals surface area contributed by atoms with E-state index in [1.54, 1.807) is 49.1 Å². The second-order valence-electron chi connectivity index (χ2n) is 6.10. The third kappa shape index (κ3) is 4.60. The third-order valence-electron chi connectivity index (χ3n) is 4.09. The number of ether oxygens (including phenoxy) is 1. The van der Waals surface area contributed by atoms with E-state index in [9.17, 15) is 9.59 Å². The molecule has 3 rings (SSSR count). The molecule has 0 aliphatic rings. The number of halogens is 1. The second-order valence-corrected chi connectivity index (χ2v) is 6.54. The number of rotatable bonds is 6. The van der Waals surface area contributed by atoms with Gasteiger partial charge < -0.3 is 18.6 Å². The van der Waals surface area contributed by atoms with Crippen LogP contribution < -0.4 is 0 Å². The van der Waals surface area contributed by atoms with Gasteiger partial charge in [0.1, 0.15) is 17.2 Å². The molecule has 0 fully saturated rings. The number of benzene rings is 1. The summed E-state index contributed by atoms with van der Waals surface area (Å²) in [4.78, 5) is 25.6. The van der Waals surface area contributed by atoms with Crippen LogP contribution in [0.5, 0.6) is 0 Å². The molecular formula is C20H19ClN2O4. The molecule has 0 unspecified atom stereocenters. The van der Waals surface area contributed by atoms with Crippen LogP contribution in [0.1, 0.15) is 16.2 Å². The number of carbonyl (C=O) groups excluding carboxylic acids is 2. The molecule has 6 nitrogen and oxygen atoms in total. The van der Waals surface area contributed by atoms with Crippen molar-refractivity contribution in [2.24, 2.45) is 7.05 Å². The van der Waals surface area contributed by atoms with Crippen LogP contribution in [0, 0.1) is 0 Å². The molecule has 0 saturated heterocycles. The van der Waals surface area contributed by atoms with E-state index >= 15 is 0 Å². The quantitative estimate of drug-likeness (QED) is 0.605. The molecule has 27 heavy (non-hydrogen) atoms. The summed E-state index contributed by atoms with van der Waals surface area (Å²) in [5.41, 5.74) is 1.29. The highest BCUT2D eigenvalue weighted by Crippen LogP contribution is 2.24. The van der Waals surface area contributed by atoms with E-state index in [-0.39, 0.29) is 19.1 Å². The predicted octanol–water partition coefficient (Wildman–Crippen LogP) is 3.75. The number of likely N-dealkylation sites (N-methyl/N-ethyl adjacent to an activating group) is 1. The van der Waals surface area contributed by atoms with Crippen LogP contribution in [-0.2, 0) is 23.1 Å². The number of aryl methyl sites for hydroxylation is 1. The van der Waals surface area contributed by atoms with Gasteiger partial charge in [0, 0.05) is 30.9 Å². The lowest BCUT2D eigenvalue weighted by Gasteiger charge is -2.15. The smallest absolute Gasteiger partial charge is 0.355 e. The summed E-state index contributed by atoms with van der Waals surface area (Å²) < 4.78 is 12.5. The van der Waals surface area contributed by atoms with Crippen molar-refractivity contribution >= 4 is 23.5 Å². The molecule has 0 aliphatic carbocycles. The van der Waals surface area contributed by atoms with Crippen molar-refractivity contribution in [2.45, 2.75) is 6.54 Å². The Bertz CT molecular complexity index is 943. The molecule has 1 aromatic carbocycles. The van der Waals surface area contributed by atoms with Crippen LogP contribution in [0.15, 0.2) is 59.1 Å². The first-order valence-corrected chi connectivity index (χ1v) is 8.69. The van der Waals surface area contributed by atoms with E-state index in [2.05, 4.69) is 0 Å². The standard InChI is InChI=1S/C20H19ClN2O4/c1-22-11-3-4-17(22)20(25)26-13-19(24)23(2)12-16-9-10-18(27-16)14-5-7-15(21)8-6-14/h3-11H,12-13H2,1-2H3. The summed E-state index contributed by atoms with van der Waals surface area (Å²) >= 11 is 5.89. The Hall–Kier alpha value is -2.99. The lowest BCUT2D eigenvalue weighted by atomic mass is 10.2. The van der Waals surface area contributed by atoms with Gasteiger partial charge in [0.2, 0.25) is 0 Å². The molecule has 7 heteroatoms. The average molecular weight is 387 g/mol. The van der Waals surface area contributed by atoms with E-state index in [0.717, 1.165) is 5.56 Å². The van der Waals surface area contributed by atoms with Crippen molar-refractivity contribution in [2.75, 3.05) is 13.7 Å². The van der Waals surface area contributed by atoms with Crippen LogP contribution in [0.25, 0.3) is 11.3 Å². The van der Waals surface area contributed by atoms with Crippen LogP contribution in [0.3, 0.4) is 0 Å². The highest BCUT2D eigenvalue weighted by atomic mass is 35.5. The number of amides is 1. The normalized spacial score (nSPS) is 10.6. The Kier molecular flexibility index (Phi) is 5.66. The number of hydrogen-bond acceptors (Lipinski definition) is 4. The minimum Gasteiger partial charge on any atom is -0.459 e. The highest BCUT2D eigenvalue weighted by Gasteiger charge is 2.16. The Morgan fingerprint density at radius 1 is 1.15 bits per heavy atom. The van der Waals surface area contributed by atoms with E-state index < -0.39 is 5.97 Å². The molecule has 2 heterocycles. The van der Waals surface area contributed by atoms with Gasteiger partial charge in [0.15, 0.2) is 6.61 Å².